The highest BCUT2D eigenvalue weighted by molar-refractivity contribution is 6.07. The smallest absolute Gasteiger partial charge is 0.258 e. The molecule has 0 bridgehead atoms. The lowest BCUT2D eigenvalue weighted by molar-refractivity contribution is 0.0975. The number of nitrogens with zero attached hydrogens (tertiary/aromatic N) is 1. The number of carbonyl (C=O) groups is 2. The Morgan fingerprint density at radius 3 is 2.12 bits per heavy atom. The van der Waals surface area contributed by atoms with E-state index < -0.39 is 5.91 Å². The summed E-state index contributed by atoms with van der Waals surface area (Å²) in [5, 5.41) is 5.55. The Hall–Kier alpha value is -5.17. The molecule has 40 heavy (non-hydrogen) atoms. The van der Waals surface area contributed by atoms with E-state index in [0.29, 0.717) is 28.3 Å². The molecule has 0 saturated carbocycles. The largest absolute Gasteiger partial charge is 0.496 e. The van der Waals surface area contributed by atoms with E-state index in [1.54, 1.807) is 43.5 Å². The molecule has 7 heteroatoms. The van der Waals surface area contributed by atoms with Crippen LogP contribution in [0.2, 0.25) is 0 Å². The van der Waals surface area contributed by atoms with Crippen LogP contribution < -0.4 is 21.1 Å². The molecule has 4 N–H and O–H groups in total. The zero-order valence-electron chi connectivity index (χ0n) is 23.0. The van der Waals surface area contributed by atoms with Crippen molar-refractivity contribution < 1.29 is 14.3 Å². The molecule has 0 aromatic heterocycles. The summed E-state index contributed by atoms with van der Waals surface area (Å²) in [4.78, 5) is 30.0. The van der Waals surface area contributed by atoms with Crippen molar-refractivity contribution in [3.05, 3.63) is 124 Å². The number of aryl methyl sites for hydroxylation is 2. The van der Waals surface area contributed by atoms with Gasteiger partial charge in [-0.3, -0.25) is 14.9 Å². The Morgan fingerprint density at radius 1 is 0.775 bits per heavy atom. The number of methoxy groups -OCH3 is 1. The number of nitrogens with two attached hydrogens (primary N) is 1. The van der Waals surface area contributed by atoms with Crippen molar-refractivity contribution in [1.29, 1.82) is 0 Å². The molecule has 0 aliphatic carbocycles. The molecule has 0 aliphatic rings. The second-order valence-electron chi connectivity index (χ2n) is 9.39. The Labute approximate surface area is 234 Å². The Kier molecular flexibility index (Phi) is 8.76. The van der Waals surface area contributed by atoms with Crippen LogP contribution in [0, 0.1) is 20.8 Å². The summed E-state index contributed by atoms with van der Waals surface area (Å²) in [6, 6.07) is 26.1. The summed E-state index contributed by atoms with van der Waals surface area (Å²) in [7, 11) is 1.56. The zero-order chi connectivity index (χ0) is 28.6. The number of amides is 2. The van der Waals surface area contributed by atoms with Gasteiger partial charge in [0.2, 0.25) is 5.96 Å². The lowest BCUT2D eigenvalue weighted by atomic mass is 10.0. The number of hydrogen-bond donors (Lipinski definition) is 3. The fourth-order valence-corrected chi connectivity index (χ4v) is 4.04. The van der Waals surface area contributed by atoms with Crippen LogP contribution in [-0.4, -0.2) is 24.9 Å². The molecule has 0 aliphatic heterocycles. The van der Waals surface area contributed by atoms with Gasteiger partial charge in [-0.15, -0.1) is 0 Å². The summed E-state index contributed by atoms with van der Waals surface area (Å²) in [6.07, 6.45) is 4.03. The maximum absolute atomic E-state index is 12.9. The van der Waals surface area contributed by atoms with Crippen molar-refractivity contribution in [3.8, 4) is 5.75 Å². The van der Waals surface area contributed by atoms with E-state index in [1.807, 2.05) is 81.5 Å². The number of anilines is 1. The minimum Gasteiger partial charge on any atom is -0.496 e. The van der Waals surface area contributed by atoms with Crippen molar-refractivity contribution in [2.75, 3.05) is 12.4 Å². The van der Waals surface area contributed by atoms with E-state index >= 15 is 0 Å². The van der Waals surface area contributed by atoms with E-state index in [0.717, 1.165) is 27.8 Å². The van der Waals surface area contributed by atoms with Crippen LogP contribution in [0.15, 0.2) is 89.9 Å². The number of carbonyl (C=O) groups excluding carboxylic acids is 2. The molecule has 0 saturated heterocycles. The summed E-state index contributed by atoms with van der Waals surface area (Å²) in [6.45, 7) is 5.73. The topological polar surface area (TPSA) is 106 Å². The van der Waals surface area contributed by atoms with E-state index in [-0.39, 0.29) is 11.9 Å². The van der Waals surface area contributed by atoms with Crippen LogP contribution >= 0.6 is 0 Å². The van der Waals surface area contributed by atoms with E-state index in [4.69, 9.17) is 10.5 Å². The predicted molar refractivity (Wildman–Crippen MR) is 162 cm³/mol. The molecule has 4 rings (SSSR count). The number of rotatable bonds is 7. The van der Waals surface area contributed by atoms with Crippen molar-refractivity contribution in [2.45, 2.75) is 20.8 Å². The molecule has 7 nitrogen and oxygen atoms in total. The number of ether oxygens (including phenoxy) is 1. The lowest BCUT2D eigenvalue weighted by Gasteiger charge is -2.12. The standard InChI is InChI=1S/C33H32N4O3/c1-21-10-17-28(35-33(34)37-32(39)27-18-22(2)23(3)30(19-27)40-4)20-29(21)36-31(38)26-15-13-25(14-16-26)12-11-24-8-6-5-7-9-24/h5-20H,1-4H3,(H,36,38)(H3,34,35,37,39)/b12-11+. The SMILES string of the molecule is COc1cc(C(=O)NC(N)=Nc2ccc(C)c(NC(=O)c3ccc(/C=C/c4ccccc4)cc3)c2)cc(C)c1C. The second kappa shape index (κ2) is 12.6. The van der Waals surface area contributed by atoms with Crippen LogP contribution in [-0.2, 0) is 0 Å². The van der Waals surface area contributed by atoms with Crippen LogP contribution in [0.25, 0.3) is 12.2 Å². The monoisotopic (exact) mass is 532 g/mol. The highest BCUT2D eigenvalue weighted by Crippen LogP contribution is 2.25. The van der Waals surface area contributed by atoms with Gasteiger partial charge in [0.1, 0.15) is 5.75 Å². The molecule has 2 amide bonds. The van der Waals surface area contributed by atoms with Gasteiger partial charge < -0.3 is 15.8 Å². The molecule has 4 aromatic carbocycles. The summed E-state index contributed by atoms with van der Waals surface area (Å²) in [5.74, 6) is -0.0848. The van der Waals surface area contributed by atoms with Crippen molar-refractivity contribution in [3.63, 3.8) is 0 Å². The maximum Gasteiger partial charge on any atom is 0.258 e. The van der Waals surface area contributed by atoms with Gasteiger partial charge in [-0.05, 0) is 85.0 Å². The molecule has 0 fully saturated rings. The molecular weight excluding hydrogens is 500 g/mol. The van der Waals surface area contributed by atoms with Crippen molar-refractivity contribution in [2.24, 2.45) is 10.7 Å². The Bertz CT molecular complexity index is 1590. The summed E-state index contributed by atoms with van der Waals surface area (Å²) >= 11 is 0. The average molecular weight is 533 g/mol. The fraction of sp³-hybridized carbons (Fsp3) is 0.121. The average Bonchev–Trinajstić information content (AvgIpc) is 2.95. The minimum atomic E-state index is -0.398. The first-order valence-electron chi connectivity index (χ1n) is 12.8. The Balaban J connectivity index is 1.43. The van der Waals surface area contributed by atoms with Crippen molar-refractivity contribution >= 4 is 41.3 Å². The maximum atomic E-state index is 12.9. The van der Waals surface area contributed by atoms with Crippen LogP contribution in [0.1, 0.15) is 48.5 Å². The molecule has 202 valence electrons. The molecule has 0 unspecified atom stereocenters. The molecular formula is C33H32N4O3. The van der Waals surface area contributed by atoms with Gasteiger partial charge in [-0.1, -0.05) is 60.7 Å². The van der Waals surface area contributed by atoms with Gasteiger partial charge in [0.05, 0.1) is 12.8 Å². The summed E-state index contributed by atoms with van der Waals surface area (Å²) in [5.41, 5.74) is 12.9. The van der Waals surface area contributed by atoms with Gasteiger partial charge in [0, 0.05) is 16.8 Å². The van der Waals surface area contributed by atoms with Gasteiger partial charge in [0.15, 0.2) is 0 Å². The molecule has 0 atom stereocenters. The quantitative estimate of drug-likeness (QED) is 0.145. The fourth-order valence-electron chi connectivity index (χ4n) is 4.04. The number of hydrogen-bond acceptors (Lipinski definition) is 4. The number of aliphatic imine (C=N–C) groups is 1. The third-order valence-electron chi connectivity index (χ3n) is 6.50. The van der Waals surface area contributed by atoms with Crippen LogP contribution in [0.4, 0.5) is 11.4 Å². The summed E-state index contributed by atoms with van der Waals surface area (Å²) < 4.78 is 5.36. The van der Waals surface area contributed by atoms with Gasteiger partial charge in [0.25, 0.3) is 11.8 Å². The first-order valence-corrected chi connectivity index (χ1v) is 12.8. The highest BCUT2D eigenvalue weighted by Gasteiger charge is 2.13. The number of benzene rings is 4. The normalized spacial score (nSPS) is 11.3. The van der Waals surface area contributed by atoms with Crippen molar-refractivity contribution in [1.82, 2.24) is 5.32 Å². The predicted octanol–water partition coefficient (Wildman–Crippen LogP) is 6.42. The van der Waals surface area contributed by atoms with Gasteiger partial charge in [-0.25, -0.2) is 4.99 Å². The van der Waals surface area contributed by atoms with Gasteiger partial charge >= 0.3 is 0 Å². The second-order valence-corrected chi connectivity index (χ2v) is 9.39. The molecule has 0 heterocycles. The first kappa shape index (κ1) is 27.9. The van der Waals surface area contributed by atoms with E-state index in [9.17, 15) is 9.59 Å². The van der Waals surface area contributed by atoms with E-state index in [2.05, 4.69) is 15.6 Å². The number of guanidine groups is 1. The first-order chi connectivity index (χ1) is 19.2. The third kappa shape index (κ3) is 7.02. The third-order valence-corrected chi connectivity index (χ3v) is 6.50. The molecule has 0 radical (unpaired) electrons. The Morgan fingerprint density at radius 2 is 1.45 bits per heavy atom. The van der Waals surface area contributed by atoms with Gasteiger partial charge in [-0.2, -0.15) is 0 Å². The van der Waals surface area contributed by atoms with E-state index in [1.165, 1.54) is 0 Å². The minimum absolute atomic E-state index is 0.0672. The van der Waals surface area contributed by atoms with Crippen LogP contribution in [0.3, 0.4) is 0 Å². The zero-order valence-corrected chi connectivity index (χ0v) is 23.0. The lowest BCUT2D eigenvalue weighted by Crippen LogP contribution is -2.36. The van der Waals surface area contributed by atoms with Crippen LogP contribution in [0.5, 0.6) is 5.75 Å². The molecule has 0 spiro atoms. The highest BCUT2D eigenvalue weighted by atomic mass is 16.5. The molecule has 4 aromatic rings. The number of nitrogens with one attached hydrogen (secondary N) is 2.